The van der Waals surface area contributed by atoms with Gasteiger partial charge in [0.2, 0.25) is 0 Å². The van der Waals surface area contributed by atoms with Crippen LogP contribution >= 0.6 is 0 Å². The highest BCUT2D eigenvalue weighted by molar-refractivity contribution is 5.47. The van der Waals surface area contributed by atoms with Gasteiger partial charge in [-0.3, -0.25) is 0 Å². The fourth-order valence-corrected chi connectivity index (χ4v) is 1.88. The fraction of sp³-hybridized carbons (Fsp3) is 0.182. The van der Waals surface area contributed by atoms with Crippen molar-refractivity contribution in [3.05, 3.63) is 41.3 Å². The molecular formula is C11H10FN3O. The number of halogens is 1. The molecule has 0 saturated carbocycles. The third-order valence-electron chi connectivity index (χ3n) is 2.66. The lowest BCUT2D eigenvalue weighted by atomic mass is 10.2. The largest absolute Gasteiger partial charge is 0.382 e. The van der Waals surface area contributed by atoms with Gasteiger partial charge in [-0.2, -0.15) is 0 Å². The van der Waals surface area contributed by atoms with E-state index < -0.39 is 0 Å². The van der Waals surface area contributed by atoms with Crippen LogP contribution in [0.25, 0.3) is 5.69 Å². The smallest absolute Gasteiger partial charge is 0.151 e. The average Bonchev–Trinajstić information content (AvgIpc) is 2.83. The van der Waals surface area contributed by atoms with Gasteiger partial charge in [0.1, 0.15) is 5.82 Å². The van der Waals surface area contributed by atoms with Crippen molar-refractivity contribution in [3.63, 3.8) is 0 Å². The van der Waals surface area contributed by atoms with Crippen molar-refractivity contribution in [1.82, 2.24) is 9.78 Å². The van der Waals surface area contributed by atoms with Crippen molar-refractivity contribution in [3.8, 4) is 5.69 Å². The molecule has 2 heterocycles. The molecule has 4 nitrogen and oxygen atoms in total. The predicted octanol–water partition coefficient (Wildman–Crippen LogP) is 1.62. The number of hydrogen-bond donors (Lipinski definition) is 1. The van der Waals surface area contributed by atoms with Crippen LogP contribution in [0, 0.1) is 5.82 Å². The first kappa shape index (κ1) is 9.35. The van der Waals surface area contributed by atoms with Gasteiger partial charge in [0.25, 0.3) is 0 Å². The van der Waals surface area contributed by atoms with Crippen molar-refractivity contribution in [2.45, 2.75) is 13.2 Å². The minimum absolute atomic E-state index is 0.292. The Bertz CT molecular complexity index is 550. The molecule has 0 fully saturated rings. The standard InChI is InChI=1S/C11H10FN3O/c12-7-2-1-3-8(4-7)15-10-6-16-5-9(10)11(13)14-15/h1-4H,5-6H2,(H2,13,14). The number of fused-ring (bicyclic) bond motifs is 1. The third kappa shape index (κ3) is 1.29. The second-order valence-corrected chi connectivity index (χ2v) is 3.69. The number of anilines is 1. The average molecular weight is 219 g/mol. The van der Waals surface area contributed by atoms with E-state index in [4.69, 9.17) is 10.5 Å². The summed E-state index contributed by atoms with van der Waals surface area (Å²) < 4.78 is 20.0. The Morgan fingerprint density at radius 1 is 1.38 bits per heavy atom. The summed E-state index contributed by atoms with van der Waals surface area (Å²) in [4.78, 5) is 0. The summed E-state index contributed by atoms with van der Waals surface area (Å²) in [6.45, 7) is 0.951. The molecule has 0 bridgehead atoms. The summed E-state index contributed by atoms with van der Waals surface area (Å²) in [5.74, 6) is 0.163. The lowest BCUT2D eigenvalue weighted by molar-refractivity contribution is 0.131. The molecule has 1 aliphatic rings. The highest BCUT2D eigenvalue weighted by atomic mass is 19.1. The van der Waals surface area contributed by atoms with Crippen LogP contribution < -0.4 is 5.73 Å². The van der Waals surface area contributed by atoms with E-state index in [2.05, 4.69) is 5.10 Å². The number of ether oxygens (including phenoxy) is 1. The van der Waals surface area contributed by atoms with Crippen LogP contribution in [0.3, 0.4) is 0 Å². The normalized spacial score (nSPS) is 14.1. The molecule has 1 aromatic carbocycles. The molecule has 0 amide bonds. The van der Waals surface area contributed by atoms with E-state index >= 15 is 0 Å². The maximum atomic E-state index is 13.1. The van der Waals surface area contributed by atoms with Crippen molar-refractivity contribution in [2.24, 2.45) is 0 Å². The summed E-state index contributed by atoms with van der Waals surface area (Å²) in [6.07, 6.45) is 0. The minimum Gasteiger partial charge on any atom is -0.382 e. The molecule has 0 radical (unpaired) electrons. The first-order valence-corrected chi connectivity index (χ1v) is 4.95. The lowest BCUT2D eigenvalue weighted by Crippen LogP contribution is -2.02. The Kier molecular flexibility index (Phi) is 1.94. The zero-order valence-electron chi connectivity index (χ0n) is 8.48. The number of hydrogen-bond acceptors (Lipinski definition) is 3. The van der Waals surface area contributed by atoms with Gasteiger partial charge in [0, 0.05) is 5.56 Å². The molecule has 1 aromatic heterocycles. The van der Waals surface area contributed by atoms with E-state index in [0.717, 1.165) is 11.3 Å². The Morgan fingerprint density at radius 2 is 2.25 bits per heavy atom. The van der Waals surface area contributed by atoms with Gasteiger partial charge < -0.3 is 10.5 Å². The van der Waals surface area contributed by atoms with Crippen LogP contribution in [-0.2, 0) is 18.0 Å². The van der Waals surface area contributed by atoms with Crippen molar-refractivity contribution < 1.29 is 9.13 Å². The van der Waals surface area contributed by atoms with Crippen LogP contribution in [-0.4, -0.2) is 9.78 Å². The van der Waals surface area contributed by atoms with Crippen molar-refractivity contribution in [1.29, 1.82) is 0 Å². The Morgan fingerprint density at radius 3 is 3.06 bits per heavy atom. The Balaban J connectivity index is 2.17. The van der Waals surface area contributed by atoms with E-state index in [9.17, 15) is 4.39 Å². The van der Waals surface area contributed by atoms with Gasteiger partial charge in [-0.05, 0) is 18.2 Å². The molecule has 0 aliphatic carbocycles. The maximum absolute atomic E-state index is 13.1. The summed E-state index contributed by atoms with van der Waals surface area (Å²) in [5.41, 5.74) is 8.24. The second-order valence-electron chi connectivity index (χ2n) is 3.69. The Labute approximate surface area is 91.4 Å². The molecule has 16 heavy (non-hydrogen) atoms. The van der Waals surface area contributed by atoms with Crippen LogP contribution in [0.5, 0.6) is 0 Å². The molecule has 0 unspecified atom stereocenters. The van der Waals surface area contributed by atoms with Crippen molar-refractivity contribution in [2.75, 3.05) is 5.73 Å². The molecule has 5 heteroatoms. The molecule has 0 spiro atoms. The molecule has 0 atom stereocenters. The minimum atomic E-state index is -0.292. The number of nitrogens with zero attached hydrogens (tertiary/aromatic N) is 2. The topological polar surface area (TPSA) is 53.1 Å². The van der Waals surface area contributed by atoms with Gasteiger partial charge in [0.05, 0.1) is 24.6 Å². The highest BCUT2D eigenvalue weighted by Crippen LogP contribution is 2.27. The van der Waals surface area contributed by atoms with Gasteiger partial charge in [-0.1, -0.05) is 6.07 Å². The second kappa shape index (κ2) is 3.31. The first-order chi connectivity index (χ1) is 7.75. The van der Waals surface area contributed by atoms with E-state index in [1.807, 2.05) is 0 Å². The fourth-order valence-electron chi connectivity index (χ4n) is 1.88. The molecular weight excluding hydrogens is 209 g/mol. The molecule has 0 saturated heterocycles. The zero-order valence-corrected chi connectivity index (χ0v) is 8.48. The van der Waals surface area contributed by atoms with Crippen molar-refractivity contribution >= 4 is 5.82 Å². The molecule has 2 N–H and O–H groups in total. The number of rotatable bonds is 1. The van der Waals surface area contributed by atoms with E-state index in [-0.39, 0.29) is 5.82 Å². The predicted molar refractivity (Wildman–Crippen MR) is 56.4 cm³/mol. The molecule has 3 rings (SSSR count). The van der Waals surface area contributed by atoms with Gasteiger partial charge in [0.15, 0.2) is 5.82 Å². The number of nitrogens with two attached hydrogens (primary N) is 1. The summed E-state index contributed by atoms with van der Waals surface area (Å²) in [6, 6.07) is 6.25. The van der Waals surface area contributed by atoms with Gasteiger partial charge >= 0.3 is 0 Å². The third-order valence-corrected chi connectivity index (χ3v) is 2.66. The number of aromatic nitrogens is 2. The quantitative estimate of drug-likeness (QED) is 0.793. The van der Waals surface area contributed by atoms with E-state index in [1.54, 1.807) is 16.8 Å². The maximum Gasteiger partial charge on any atom is 0.151 e. The van der Waals surface area contributed by atoms with Crippen LogP contribution in [0.1, 0.15) is 11.3 Å². The van der Waals surface area contributed by atoms with E-state index in [0.29, 0.717) is 24.7 Å². The molecule has 1 aliphatic heterocycles. The van der Waals surface area contributed by atoms with Gasteiger partial charge in [-0.15, -0.1) is 5.10 Å². The summed E-state index contributed by atoms with van der Waals surface area (Å²) >= 11 is 0. The Hall–Kier alpha value is -1.88. The monoisotopic (exact) mass is 219 g/mol. The zero-order chi connectivity index (χ0) is 11.1. The van der Waals surface area contributed by atoms with Crippen LogP contribution in [0.15, 0.2) is 24.3 Å². The first-order valence-electron chi connectivity index (χ1n) is 4.95. The van der Waals surface area contributed by atoms with E-state index in [1.165, 1.54) is 12.1 Å². The number of benzene rings is 1. The van der Waals surface area contributed by atoms with Gasteiger partial charge in [-0.25, -0.2) is 9.07 Å². The van der Waals surface area contributed by atoms with Crippen LogP contribution in [0.2, 0.25) is 0 Å². The summed E-state index contributed by atoms with van der Waals surface area (Å²) in [7, 11) is 0. The number of nitrogen functional groups attached to an aromatic ring is 1. The molecule has 2 aromatic rings. The SMILES string of the molecule is Nc1nn(-c2cccc(F)c2)c2c1COC2. The summed E-state index contributed by atoms with van der Waals surface area (Å²) in [5, 5.41) is 4.19. The lowest BCUT2D eigenvalue weighted by Gasteiger charge is -2.04. The van der Waals surface area contributed by atoms with Crippen LogP contribution in [0.4, 0.5) is 10.2 Å². The highest BCUT2D eigenvalue weighted by Gasteiger charge is 2.22. The molecule has 82 valence electrons.